The van der Waals surface area contributed by atoms with Crippen LogP contribution < -0.4 is 10.6 Å². The molecular formula is C23H17ClN6O2. The van der Waals surface area contributed by atoms with Gasteiger partial charge in [-0.3, -0.25) is 9.59 Å². The van der Waals surface area contributed by atoms with Crippen LogP contribution >= 0.6 is 11.6 Å². The summed E-state index contributed by atoms with van der Waals surface area (Å²) in [6, 6.07) is 12.2. The second kappa shape index (κ2) is 8.49. The van der Waals surface area contributed by atoms with Gasteiger partial charge < -0.3 is 15.0 Å². The van der Waals surface area contributed by atoms with Gasteiger partial charge in [0.2, 0.25) is 0 Å². The number of fused-ring (bicyclic) bond motifs is 1. The summed E-state index contributed by atoms with van der Waals surface area (Å²) in [6.45, 7) is 1.71. The van der Waals surface area contributed by atoms with E-state index in [4.69, 9.17) is 11.6 Å². The van der Waals surface area contributed by atoms with Gasteiger partial charge in [0, 0.05) is 25.0 Å². The normalized spacial score (nSPS) is 10.6. The number of hydrogen-bond donors (Lipinski definition) is 2. The summed E-state index contributed by atoms with van der Waals surface area (Å²) >= 11 is 6.34. The van der Waals surface area contributed by atoms with E-state index in [0.717, 1.165) is 5.52 Å². The Morgan fingerprint density at radius 1 is 1.16 bits per heavy atom. The van der Waals surface area contributed by atoms with Crippen LogP contribution in [0, 0.1) is 18.3 Å². The fourth-order valence-electron chi connectivity index (χ4n) is 3.50. The monoisotopic (exact) mass is 444 g/mol. The van der Waals surface area contributed by atoms with Crippen molar-refractivity contribution in [2.75, 3.05) is 12.4 Å². The van der Waals surface area contributed by atoms with Crippen LogP contribution in [0.15, 0.2) is 55.0 Å². The van der Waals surface area contributed by atoms with Gasteiger partial charge in [0.05, 0.1) is 40.3 Å². The van der Waals surface area contributed by atoms with Gasteiger partial charge in [0.15, 0.2) is 5.69 Å². The Morgan fingerprint density at radius 3 is 2.69 bits per heavy atom. The van der Waals surface area contributed by atoms with Crippen molar-refractivity contribution >= 4 is 34.6 Å². The Hall–Kier alpha value is -4.22. The maximum absolute atomic E-state index is 13.4. The SMILES string of the molecule is CNC(=O)c1cc(C#N)cc(C)c1NC(=O)c1ncc2cccn2c1-c1cccnc1Cl. The van der Waals surface area contributed by atoms with E-state index in [2.05, 4.69) is 20.6 Å². The zero-order valence-corrected chi connectivity index (χ0v) is 17.9. The Kier molecular flexibility index (Phi) is 5.58. The molecule has 0 fully saturated rings. The van der Waals surface area contributed by atoms with E-state index in [9.17, 15) is 14.9 Å². The molecule has 0 saturated heterocycles. The maximum atomic E-state index is 13.4. The zero-order valence-electron chi connectivity index (χ0n) is 17.2. The van der Waals surface area contributed by atoms with Gasteiger partial charge in [-0.2, -0.15) is 5.26 Å². The van der Waals surface area contributed by atoms with Gasteiger partial charge >= 0.3 is 0 Å². The molecule has 158 valence electrons. The number of amides is 2. The van der Waals surface area contributed by atoms with Crippen molar-refractivity contribution in [2.45, 2.75) is 6.92 Å². The summed E-state index contributed by atoms with van der Waals surface area (Å²) in [5.41, 5.74) is 3.25. The van der Waals surface area contributed by atoms with Crippen LogP contribution in [0.4, 0.5) is 5.69 Å². The first-order valence-corrected chi connectivity index (χ1v) is 9.97. The van der Waals surface area contributed by atoms with Crippen molar-refractivity contribution in [3.63, 3.8) is 0 Å². The van der Waals surface area contributed by atoms with Gasteiger partial charge in [0.25, 0.3) is 11.8 Å². The molecule has 0 aliphatic heterocycles. The van der Waals surface area contributed by atoms with Crippen LogP contribution in [0.1, 0.15) is 32.0 Å². The molecule has 32 heavy (non-hydrogen) atoms. The molecule has 4 aromatic rings. The lowest BCUT2D eigenvalue weighted by molar-refractivity contribution is 0.0964. The van der Waals surface area contributed by atoms with E-state index in [-0.39, 0.29) is 16.4 Å². The van der Waals surface area contributed by atoms with Crippen molar-refractivity contribution in [1.82, 2.24) is 19.7 Å². The summed E-state index contributed by atoms with van der Waals surface area (Å²) < 4.78 is 1.80. The Labute approximate surface area is 188 Å². The number of pyridine rings is 1. The second-order valence-electron chi connectivity index (χ2n) is 6.96. The summed E-state index contributed by atoms with van der Waals surface area (Å²) in [5.74, 6) is -0.960. The van der Waals surface area contributed by atoms with Gasteiger partial charge in [-0.05, 0) is 48.9 Å². The third-order valence-corrected chi connectivity index (χ3v) is 5.28. The Morgan fingerprint density at radius 2 is 1.97 bits per heavy atom. The van der Waals surface area contributed by atoms with Crippen LogP contribution in [0.2, 0.25) is 5.15 Å². The highest BCUT2D eigenvalue weighted by Crippen LogP contribution is 2.30. The molecule has 0 bridgehead atoms. The summed E-state index contributed by atoms with van der Waals surface area (Å²) in [7, 11) is 1.48. The number of anilines is 1. The van der Waals surface area contributed by atoms with Crippen molar-refractivity contribution in [2.24, 2.45) is 0 Å². The molecule has 4 rings (SSSR count). The van der Waals surface area contributed by atoms with Crippen LogP contribution in [-0.4, -0.2) is 33.2 Å². The van der Waals surface area contributed by atoms with E-state index >= 15 is 0 Å². The molecule has 0 atom stereocenters. The lowest BCUT2D eigenvalue weighted by Crippen LogP contribution is -2.23. The molecule has 0 radical (unpaired) electrons. The molecule has 2 N–H and O–H groups in total. The highest BCUT2D eigenvalue weighted by atomic mass is 35.5. The summed E-state index contributed by atoms with van der Waals surface area (Å²) in [4.78, 5) is 34.3. The van der Waals surface area contributed by atoms with Crippen molar-refractivity contribution < 1.29 is 9.59 Å². The Balaban J connectivity index is 1.87. The fourth-order valence-corrected chi connectivity index (χ4v) is 3.71. The number of nitrogens with zero attached hydrogens (tertiary/aromatic N) is 4. The third-order valence-electron chi connectivity index (χ3n) is 4.98. The average Bonchev–Trinajstić information content (AvgIpc) is 3.28. The largest absolute Gasteiger partial charge is 0.355 e. The van der Waals surface area contributed by atoms with Crippen LogP contribution in [0.5, 0.6) is 0 Å². The van der Waals surface area contributed by atoms with Gasteiger partial charge in [-0.25, -0.2) is 9.97 Å². The number of carbonyl (C=O) groups excluding carboxylic acids is 2. The first-order valence-electron chi connectivity index (χ1n) is 9.59. The topological polar surface area (TPSA) is 112 Å². The highest BCUT2D eigenvalue weighted by Gasteiger charge is 2.23. The van der Waals surface area contributed by atoms with Crippen LogP contribution in [0.3, 0.4) is 0 Å². The minimum absolute atomic E-state index is 0.107. The lowest BCUT2D eigenvalue weighted by atomic mass is 10.0. The minimum Gasteiger partial charge on any atom is -0.355 e. The quantitative estimate of drug-likeness (QED) is 0.464. The third kappa shape index (κ3) is 3.66. The number of aromatic nitrogens is 3. The molecule has 9 heteroatoms. The number of nitriles is 1. The molecule has 8 nitrogen and oxygen atoms in total. The first-order chi connectivity index (χ1) is 15.4. The number of carbonyl (C=O) groups is 2. The zero-order chi connectivity index (χ0) is 22.8. The molecule has 0 saturated carbocycles. The molecule has 3 heterocycles. The van der Waals surface area contributed by atoms with Crippen molar-refractivity contribution in [1.29, 1.82) is 5.26 Å². The van der Waals surface area contributed by atoms with Gasteiger partial charge in [-0.1, -0.05) is 11.6 Å². The van der Waals surface area contributed by atoms with Crippen molar-refractivity contribution in [3.05, 3.63) is 82.5 Å². The van der Waals surface area contributed by atoms with Crippen LogP contribution in [-0.2, 0) is 0 Å². The number of rotatable bonds is 4. The molecule has 2 amide bonds. The maximum Gasteiger partial charge on any atom is 0.276 e. The number of hydrogen-bond acceptors (Lipinski definition) is 5. The van der Waals surface area contributed by atoms with Crippen LogP contribution in [0.25, 0.3) is 16.8 Å². The number of aryl methyl sites for hydroxylation is 1. The molecule has 3 aromatic heterocycles. The number of halogens is 1. The molecule has 0 unspecified atom stereocenters. The summed E-state index contributed by atoms with van der Waals surface area (Å²) in [6.07, 6.45) is 4.94. The summed E-state index contributed by atoms with van der Waals surface area (Å²) in [5, 5.41) is 14.8. The highest BCUT2D eigenvalue weighted by molar-refractivity contribution is 6.32. The standard InChI is InChI=1S/C23H17ClN6O2/c1-13-9-14(11-25)10-17(22(31)26-2)18(13)29-23(32)19-20(16-6-3-7-27-21(16)24)30-8-4-5-15(30)12-28-19/h3-10,12H,1-2H3,(H,26,31)(H,29,32). The molecule has 0 spiro atoms. The number of benzene rings is 1. The second-order valence-corrected chi connectivity index (χ2v) is 7.32. The fraction of sp³-hybridized carbons (Fsp3) is 0.0870. The van der Waals surface area contributed by atoms with E-state index < -0.39 is 11.8 Å². The predicted octanol–water partition coefficient (Wildman–Crippen LogP) is 3.84. The first kappa shape index (κ1) is 21.0. The van der Waals surface area contributed by atoms with E-state index in [1.54, 1.807) is 48.1 Å². The molecule has 1 aromatic carbocycles. The smallest absolute Gasteiger partial charge is 0.276 e. The molecular weight excluding hydrogens is 428 g/mol. The average molecular weight is 445 g/mol. The minimum atomic E-state index is -0.534. The lowest BCUT2D eigenvalue weighted by Gasteiger charge is -2.16. The predicted molar refractivity (Wildman–Crippen MR) is 121 cm³/mol. The van der Waals surface area contributed by atoms with Gasteiger partial charge in [-0.15, -0.1) is 0 Å². The van der Waals surface area contributed by atoms with E-state index in [1.165, 1.54) is 13.1 Å². The Bertz CT molecular complexity index is 1420. The van der Waals surface area contributed by atoms with E-state index in [0.29, 0.717) is 28.1 Å². The molecule has 0 aliphatic rings. The number of nitrogens with one attached hydrogen (secondary N) is 2. The van der Waals surface area contributed by atoms with Gasteiger partial charge in [0.1, 0.15) is 5.15 Å². The van der Waals surface area contributed by atoms with Crippen molar-refractivity contribution in [3.8, 4) is 17.3 Å². The van der Waals surface area contributed by atoms with E-state index in [1.807, 2.05) is 18.2 Å². The molecule has 0 aliphatic carbocycles.